The number of hydrogen-bond acceptors (Lipinski definition) is 3. The lowest BCUT2D eigenvalue weighted by Gasteiger charge is -2.09. The van der Waals surface area contributed by atoms with Crippen LogP contribution in [-0.4, -0.2) is 50.0 Å². The fourth-order valence-electron chi connectivity index (χ4n) is 0.641. The number of amides is 1. The third-order valence-corrected chi connectivity index (χ3v) is 1.89. The van der Waals surface area contributed by atoms with E-state index in [1.807, 2.05) is 6.92 Å². The van der Waals surface area contributed by atoms with Crippen molar-refractivity contribution in [1.82, 2.24) is 4.90 Å². The molecule has 0 aliphatic carbocycles. The molecule has 1 unspecified atom stereocenters. The summed E-state index contributed by atoms with van der Waals surface area (Å²) in [5, 5.41) is 24.7. The molecule has 0 aromatic heterocycles. The molecule has 0 aromatic carbocycles. The van der Waals surface area contributed by atoms with Crippen LogP contribution in [0.25, 0.3) is 0 Å². The molecular weight excluding hydrogens is 337 g/mol. The maximum Gasteiger partial charge on any atom is 0.419 e. The Morgan fingerprint density at radius 2 is 2.06 bits per heavy atom. The first kappa shape index (κ1) is 18.8. The van der Waals surface area contributed by atoms with Crippen LogP contribution >= 0.6 is 22.6 Å². The van der Waals surface area contributed by atoms with Gasteiger partial charge in [-0.1, -0.05) is 41.9 Å². The van der Waals surface area contributed by atoms with Crippen molar-refractivity contribution in [3.8, 4) is 12.0 Å². The first-order chi connectivity index (χ1) is 7.99. The van der Waals surface area contributed by atoms with Crippen LogP contribution in [-0.2, 0) is 0 Å². The molecule has 0 rings (SSSR count). The van der Waals surface area contributed by atoms with E-state index >= 15 is 0 Å². The van der Waals surface area contributed by atoms with Gasteiger partial charge in [-0.2, -0.15) is 0 Å². The summed E-state index contributed by atoms with van der Waals surface area (Å²) in [5.41, 5.74) is 0. The van der Waals surface area contributed by atoms with Crippen LogP contribution in [0.3, 0.4) is 0 Å². The fraction of sp³-hybridized carbons (Fsp3) is 0.727. The predicted molar refractivity (Wildman–Crippen MR) is 75.1 cm³/mol. The molecule has 0 saturated heterocycles. The van der Waals surface area contributed by atoms with Crippen LogP contribution in [0, 0.1) is 12.0 Å². The van der Waals surface area contributed by atoms with E-state index in [0.29, 0.717) is 11.0 Å². The summed E-state index contributed by atoms with van der Waals surface area (Å²) in [5.74, 6) is 2.72. The zero-order valence-corrected chi connectivity index (χ0v) is 12.3. The first-order valence-corrected chi connectivity index (χ1v) is 6.85. The number of halogens is 1. The highest BCUT2D eigenvalue weighted by Gasteiger charge is 2.06. The number of hydrogen-bond donors (Lipinski definition) is 3. The fourth-order valence-corrected chi connectivity index (χ4v) is 0.811. The standard InChI is InChI=1S/C8H12INO2.C3H8O2/c1-2-3-6-10(8(11)12)7-4-5-9;1-3(5)2-4/h2-3,5-6H2,1H3,(H,11,12);3-5H,2H2,1H3. The largest absolute Gasteiger partial charge is 0.464 e. The van der Waals surface area contributed by atoms with Crippen LogP contribution in [0.2, 0.25) is 0 Å². The van der Waals surface area contributed by atoms with Gasteiger partial charge in [-0.05, 0) is 13.3 Å². The highest BCUT2D eigenvalue weighted by Crippen LogP contribution is 1.93. The second-order valence-corrected chi connectivity index (χ2v) is 4.00. The number of carbonyl (C=O) groups is 1. The number of unbranched alkanes of at least 4 members (excludes halogenated alkanes) is 1. The van der Waals surface area contributed by atoms with Gasteiger partial charge >= 0.3 is 6.09 Å². The number of aliphatic hydroxyl groups excluding tert-OH is 2. The van der Waals surface area contributed by atoms with Crippen molar-refractivity contribution in [2.75, 3.05) is 17.6 Å². The smallest absolute Gasteiger partial charge is 0.419 e. The van der Waals surface area contributed by atoms with Crippen molar-refractivity contribution in [3.63, 3.8) is 0 Å². The number of rotatable bonds is 4. The van der Waals surface area contributed by atoms with Crippen molar-refractivity contribution in [2.45, 2.75) is 32.8 Å². The average Bonchev–Trinajstić information content (AvgIpc) is 2.29. The van der Waals surface area contributed by atoms with Gasteiger partial charge in [0, 0.05) is 12.6 Å². The molecule has 0 aliphatic heterocycles. The summed E-state index contributed by atoms with van der Waals surface area (Å²) >= 11 is 2.09. The molecular formula is C11H20INO4. The molecule has 3 N–H and O–H groups in total. The van der Waals surface area contributed by atoms with Crippen molar-refractivity contribution in [1.29, 1.82) is 0 Å². The minimum Gasteiger partial charge on any atom is -0.464 e. The molecule has 0 heterocycles. The molecule has 0 saturated carbocycles. The van der Waals surface area contributed by atoms with Gasteiger partial charge in [-0.3, -0.25) is 0 Å². The minimum atomic E-state index is -0.958. The summed E-state index contributed by atoms with van der Waals surface area (Å²) in [4.78, 5) is 11.7. The van der Waals surface area contributed by atoms with Gasteiger partial charge in [0.15, 0.2) is 0 Å². The van der Waals surface area contributed by atoms with Crippen LogP contribution < -0.4 is 0 Å². The van der Waals surface area contributed by atoms with E-state index in [2.05, 4.69) is 34.6 Å². The van der Waals surface area contributed by atoms with E-state index in [9.17, 15) is 4.79 Å². The predicted octanol–water partition coefficient (Wildman–Crippen LogP) is 1.52. The summed E-state index contributed by atoms with van der Waals surface area (Å²) in [7, 11) is 0. The first-order valence-electron chi connectivity index (χ1n) is 5.33. The summed E-state index contributed by atoms with van der Waals surface area (Å²) in [6.45, 7) is 3.92. The van der Waals surface area contributed by atoms with Crippen LogP contribution in [0.15, 0.2) is 0 Å². The zero-order chi connectivity index (χ0) is 13.7. The lowest BCUT2D eigenvalue weighted by atomic mass is 10.3. The highest BCUT2D eigenvalue weighted by atomic mass is 127. The molecule has 0 spiro atoms. The summed E-state index contributed by atoms with van der Waals surface area (Å²) in [6, 6.07) is 2.58. The summed E-state index contributed by atoms with van der Waals surface area (Å²) in [6.07, 6.45) is 0.327. The normalized spacial score (nSPS) is 10.4. The SMILES string of the molecule is CC(O)CO.CCCCN(C#CCI)C(=O)O. The molecule has 0 radical (unpaired) electrons. The lowest BCUT2D eigenvalue weighted by molar-refractivity contribution is 0.110. The Morgan fingerprint density at radius 1 is 1.53 bits per heavy atom. The zero-order valence-electron chi connectivity index (χ0n) is 10.2. The Bertz CT molecular complexity index is 248. The molecule has 6 heteroatoms. The molecule has 0 bridgehead atoms. The van der Waals surface area contributed by atoms with E-state index in [4.69, 9.17) is 15.3 Å². The Balaban J connectivity index is 0. The Morgan fingerprint density at radius 3 is 2.35 bits per heavy atom. The molecule has 100 valence electrons. The quantitative estimate of drug-likeness (QED) is 0.309. The van der Waals surface area contributed by atoms with Crippen molar-refractivity contribution >= 4 is 28.7 Å². The van der Waals surface area contributed by atoms with E-state index in [1.54, 1.807) is 0 Å². The molecule has 17 heavy (non-hydrogen) atoms. The maximum atomic E-state index is 10.5. The van der Waals surface area contributed by atoms with Crippen molar-refractivity contribution in [3.05, 3.63) is 0 Å². The topological polar surface area (TPSA) is 81.0 Å². The van der Waals surface area contributed by atoms with Gasteiger partial charge in [-0.25, -0.2) is 9.69 Å². The molecule has 0 aromatic rings. The van der Waals surface area contributed by atoms with E-state index in [0.717, 1.165) is 17.7 Å². The number of alkyl halides is 1. The average molecular weight is 357 g/mol. The van der Waals surface area contributed by atoms with Gasteiger partial charge in [0.2, 0.25) is 0 Å². The lowest BCUT2D eigenvalue weighted by Crippen LogP contribution is -2.25. The molecule has 0 aliphatic rings. The minimum absolute atomic E-state index is 0.139. The van der Waals surface area contributed by atoms with Gasteiger partial charge in [0.1, 0.15) is 0 Å². The summed E-state index contributed by atoms with van der Waals surface area (Å²) < 4.78 is 0.660. The molecule has 5 nitrogen and oxygen atoms in total. The molecule has 1 atom stereocenters. The number of aliphatic hydroxyl groups is 2. The monoisotopic (exact) mass is 357 g/mol. The Hall–Kier alpha value is -0.520. The number of nitrogens with zero attached hydrogens (tertiary/aromatic N) is 1. The van der Waals surface area contributed by atoms with E-state index in [1.165, 1.54) is 6.92 Å². The van der Waals surface area contributed by atoms with Crippen LogP contribution in [0.5, 0.6) is 0 Å². The van der Waals surface area contributed by atoms with Gasteiger partial charge in [0.25, 0.3) is 0 Å². The maximum absolute atomic E-state index is 10.5. The van der Waals surface area contributed by atoms with Gasteiger partial charge in [-0.15, -0.1) is 0 Å². The molecule has 0 fully saturated rings. The van der Waals surface area contributed by atoms with Crippen LogP contribution in [0.1, 0.15) is 26.7 Å². The Kier molecular flexibility index (Phi) is 15.0. The third-order valence-electron chi connectivity index (χ3n) is 1.51. The van der Waals surface area contributed by atoms with Gasteiger partial charge in [0.05, 0.1) is 17.1 Å². The third kappa shape index (κ3) is 15.5. The van der Waals surface area contributed by atoms with Crippen molar-refractivity contribution < 1.29 is 20.1 Å². The highest BCUT2D eigenvalue weighted by molar-refractivity contribution is 14.1. The van der Waals surface area contributed by atoms with E-state index < -0.39 is 12.2 Å². The number of carboxylic acid groups (broad SMARTS) is 1. The second-order valence-electron chi connectivity index (χ2n) is 3.24. The van der Waals surface area contributed by atoms with Gasteiger partial charge < -0.3 is 15.3 Å². The molecule has 1 amide bonds. The van der Waals surface area contributed by atoms with Crippen molar-refractivity contribution in [2.24, 2.45) is 0 Å². The second kappa shape index (κ2) is 13.5. The van der Waals surface area contributed by atoms with E-state index in [-0.39, 0.29) is 6.61 Å². The Labute approximate surface area is 116 Å². The van der Waals surface area contributed by atoms with Crippen LogP contribution in [0.4, 0.5) is 4.79 Å².